The zero-order chi connectivity index (χ0) is 10.9. The van der Waals surface area contributed by atoms with Gasteiger partial charge in [-0.25, -0.2) is 13.2 Å². The maximum Gasteiger partial charge on any atom is 0.317 e. The third-order valence-electron chi connectivity index (χ3n) is 2.99. The molecule has 0 aromatic heterocycles. The van der Waals surface area contributed by atoms with E-state index in [-0.39, 0.29) is 23.6 Å². The SMILES string of the molecule is O=C1NCCCN1C1CCCS(=O)(=O)C1. The predicted molar refractivity (Wildman–Crippen MR) is 56.4 cm³/mol. The molecule has 1 N–H and O–H groups in total. The number of carbonyl (C=O) groups is 1. The second-order valence-electron chi connectivity index (χ2n) is 4.19. The number of carbonyl (C=O) groups excluding carboxylic acids is 1. The summed E-state index contributed by atoms with van der Waals surface area (Å²) in [6.07, 6.45) is 2.39. The molecule has 2 rings (SSSR count). The van der Waals surface area contributed by atoms with Crippen LogP contribution >= 0.6 is 0 Å². The van der Waals surface area contributed by atoms with Gasteiger partial charge in [0.25, 0.3) is 0 Å². The van der Waals surface area contributed by atoms with Crippen molar-refractivity contribution in [3.05, 3.63) is 0 Å². The van der Waals surface area contributed by atoms with Crippen LogP contribution in [0.5, 0.6) is 0 Å². The highest BCUT2D eigenvalue weighted by molar-refractivity contribution is 7.91. The lowest BCUT2D eigenvalue weighted by molar-refractivity contribution is 0.162. The molecule has 2 saturated heterocycles. The molecule has 2 fully saturated rings. The first kappa shape index (κ1) is 10.7. The van der Waals surface area contributed by atoms with E-state index in [1.807, 2.05) is 0 Å². The van der Waals surface area contributed by atoms with Gasteiger partial charge in [-0.05, 0) is 19.3 Å². The Hall–Kier alpha value is -0.780. The maximum atomic E-state index is 11.5. The highest BCUT2D eigenvalue weighted by Gasteiger charge is 2.32. The van der Waals surface area contributed by atoms with Gasteiger partial charge < -0.3 is 10.2 Å². The van der Waals surface area contributed by atoms with Crippen LogP contribution in [-0.2, 0) is 9.84 Å². The second kappa shape index (κ2) is 4.00. The van der Waals surface area contributed by atoms with E-state index in [1.165, 1.54) is 0 Å². The van der Waals surface area contributed by atoms with Crippen LogP contribution in [0.2, 0.25) is 0 Å². The first-order valence-corrected chi connectivity index (χ1v) is 7.15. The van der Waals surface area contributed by atoms with Gasteiger partial charge >= 0.3 is 6.03 Å². The molecular formula is C9H16N2O3S. The zero-order valence-electron chi connectivity index (χ0n) is 8.61. The third kappa shape index (κ3) is 2.42. The van der Waals surface area contributed by atoms with Crippen LogP contribution in [0.4, 0.5) is 4.79 Å². The van der Waals surface area contributed by atoms with Crippen LogP contribution < -0.4 is 5.32 Å². The molecule has 0 spiro atoms. The molecule has 0 radical (unpaired) electrons. The fraction of sp³-hybridized carbons (Fsp3) is 0.889. The van der Waals surface area contributed by atoms with Crippen molar-refractivity contribution in [1.29, 1.82) is 0 Å². The quantitative estimate of drug-likeness (QED) is 0.691. The molecule has 0 saturated carbocycles. The molecule has 2 aliphatic heterocycles. The summed E-state index contributed by atoms with van der Waals surface area (Å²) >= 11 is 0. The minimum atomic E-state index is -2.93. The molecule has 15 heavy (non-hydrogen) atoms. The number of rotatable bonds is 1. The summed E-state index contributed by atoms with van der Waals surface area (Å²) in [4.78, 5) is 13.2. The molecule has 5 nitrogen and oxygen atoms in total. The summed E-state index contributed by atoms with van der Waals surface area (Å²) in [6, 6.07) is -0.215. The summed E-state index contributed by atoms with van der Waals surface area (Å²) in [7, 11) is -2.93. The summed E-state index contributed by atoms with van der Waals surface area (Å²) in [5.41, 5.74) is 0. The van der Waals surface area contributed by atoms with E-state index in [0.29, 0.717) is 19.5 Å². The van der Waals surface area contributed by atoms with Gasteiger partial charge in [-0.1, -0.05) is 0 Å². The molecule has 6 heteroatoms. The summed E-state index contributed by atoms with van der Waals surface area (Å²) in [5, 5.41) is 2.75. The van der Waals surface area contributed by atoms with Gasteiger partial charge in [-0.2, -0.15) is 0 Å². The zero-order valence-corrected chi connectivity index (χ0v) is 9.42. The summed E-state index contributed by atoms with van der Waals surface area (Å²) in [6.45, 7) is 1.39. The number of nitrogens with one attached hydrogen (secondary N) is 1. The van der Waals surface area contributed by atoms with Crippen LogP contribution in [-0.4, -0.2) is 50.0 Å². The molecule has 86 valence electrons. The molecule has 1 atom stereocenters. The van der Waals surface area contributed by atoms with Crippen LogP contribution in [0.15, 0.2) is 0 Å². The van der Waals surface area contributed by atoms with Crippen molar-refractivity contribution < 1.29 is 13.2 Å². The molecule has 0 aromatic carbocycles. The monoisotopic (exact) mass is 232 g/mol. The van der Waals surface area contributed by atoms with Crippen molar-refractivity contribution in [2.45, 2.75) is 25.3 Å². The van der Waals surface area contributed by atoms with E-state index in [0.717, 1.165) is 12.8 Å². The Labute approximate surface area is 89.7 Å². The van der Waals surface area contributed by atoms with Crippen molar-refractivity contribution >= 4 is 15.9 Å². The van der Waals surface area contributed by atoms with Crippen molar-refractivity contribution in [2.75, 3.05) is 24.6 Å². The number of hydrogen-bond acceptors (Lipinski definition) is 3. The van der Waals surface area contributed by atoms with Gasteiger partial charge in [0.15, 0.2) is 9.84 Å². The molecular weight excluding hydrogens is 216 g/mol. The lowest BCUT2D eigenvalue weighted by atomic mass is 10.1. The average molecular weight is 232 g/mol. The Morgan fingerprint density at radius 1 is 1.33 bits per heavy atom. The van der Waals surface area contributed by atoms with Gasteiger partial charge in [-0.15, -0.1) is 0 Å². The molecule has 0 bridgehead atoms. The number of nitrogens with zero attached hydrogens (tertiary/aromatic N) is 1. The minimum absolute atomic E-state index is 0.107. The lowest BCUT2D eigenvalue weighted by Crippen LogP contribution is -2.54. The summed E-state index contributed by atoms with van der Waals surface area (Å²) < 4.78 is 22.9. The van der Waals surface area contributed by atoms with Crippen molar-refractivity contribution in [3.8, 4) is 0 Å². The lowest BCUT2D eigenvalue weighted by Gasteiger charge is -2.36. The van der Waals surface area contributed by atoms with E-state index < -0.39 is 9.84 Å². The Kier molecular flexibility index (Phi) is 2.86. The fourth-order valence-corrected chi connectivity index (χ4v) is 3.95. The second-order valence-corrected chi connectivity index (χ2v) is 6.42. The topological polar surface area (TPSA) is 66.5 Å². The largest absolute Gasteiger partial charge is 0.338 e. The van der Waals surface area contributed by atoms with Crippen molar-refractivity contribution in [1.82, 2.24) is 10.2 Å². The average Bonchev–Trinajstić information content (AvgIpc) is 2.17. The van der Waals surface area contributed by atoms with E-state index in [2.05, 4.69) is 5.32 Å². The maximum absolute atomic E-state index is 11.5. The Morgan fingerprint density at radius 2 is 2.13 bits per heavy atom. The standard InChI is InChI=1S/C9H16N2O3S/c12-9-10-4-2-5-11(9)8-3-1-6-15(13,14)7-8/h8H,1-7H2,(H,10,12). The minimum Gasteiger partial charge on any atom is -0.338 e. The first-order valence-electron chi connectivity index (χ1n) is 5.33. The molecule has 0 aromatic rings. The first-order chi connectivity index (χ1) is 7.08. The molecule has 2 aliphatic rings. The Balaban J connectivity index is 2.06. The van der Waals surface area contributed by atoms with Crippen LogP contribution in [0.3, 0.4) is 0 Å². The molecule has 0 aliphatic carbocycles. The predicted octanol–water partition coefficient (Wildman–Crippen LogP) is -0.0211. The molecule has 2 amide bonds. The van der Waals surface area contributed by atoms with Crippen LogP contribution in [0, 0.1) is 0 Å². The van der Waals surface area contributed by atoms with Crippen molar-refractivity contribution in [2.24, 2.45) is 0 Å². The van der Waals surface area contributed by atoms with E-state index in [9.17, 15) is 13.2 Å². The van der Waals surface area contributed by atoms with E-state index >= 15 is 0 Å². The number of amides is 2. The fourth-order valence-electron chi connectivity index (χ4n) is 2.24. The van der Waals surface area contributed by atoms with Gasteiger partial charge in [0.2, 0.25) is 0 Å². The smallest absolute Gasteiger partial charge is 0.317 e. The number of urea groups is 1. The van der Waals surface area contributed by atoms with Gasteiger partial charge in [0.05, 0.1) is 11.5 Å². The highest BCUT2D eigenvalue weighted by atomic mass is 32.2. The normalized spacial score (nSPS) is 31.1. The van der Waals surface area contributed by atoms with Gasteiger partial charge in [-0.3, -0.25) is 0 Å². The molecule has 1 unspecified atom stereocenters. The van der Waals surface area contributed by atoms with Crippen molar-refractivity contribution in [3.63, 3.8) is 0 Å². The van der Waals surface area contributed by atoms with E-state index in [4.69, 9.17) is 0 Å². The number of sulfone groups is 1. The Morgan fingerprint density at radius 3 is 2.80 bits per heavy atom. The Bertz CT molecular complexity index is 352. The summed E-state index contributed by atoms with van der Waals surface area (Å²) in [5.74, 6) is 0.416. The number of hydrogen-bond donors (Lipinski definition) is 1. The van der Waals surface area contributed by atoms with Crippen LogP contribution in [0.1, 0.15) is 19.3 Å². The highest BCUT2D eigenvalue weighted by Crippen LogP contribution is 2.19. The van der Waals surface area contributed by atoms with Crippen LogP contribution in [0.25, 0.3) is 0 Å². The van der Waals surface area contributed by atoms with E-state index in [1.54, 1.807) is 4.90 Å². The van der Waals surface area contributed by atoms with Gasteiger partial charge in [0.1, 0.15) is 0 Å². The third-order valence-corrected chi connectivity index (χ3v) is 4.80. The molecule has 2 heterocycles. The van der Waals surface area contributed by atoms with Gasteiger partial charge in [0, 0.05) is 19.1 Å².